The molecule has 8 heteroatoms. The van der Waals surface area contributed by atoms with Crippen molar-refractivity contribution in [2.75, 3.05) is 31.1 Å². The van der Waals surface area contributed by atoms with Crippen LogP contribution in [-0.4, -0.2) is 58.2 Å². The Kier molecular flexibility index (Phi) is 3.06. The lowest BCUT2D eigenvalue weighted by Crippen LogP contribution is -2.38. The largest absolute Gasteiger partial charge is 0.448 e. The van der Waals surface area contributed by atoms with Gasteiger partial charge in [0.25, 0.3) is 0 Å². The number of aromatic amines is 1. The maximum Gasteiger partial charge on any atom is 0.410 e. The number of fused-ring (bicyclic) bond motifs is 3. The van der Waals surface area contributed by atoms with Crippen LogP contribution >= 0.6 is 0 Å². The molecule has 4 heterocycles. The van der Waals surface area contributed by atoms with Crippen molar-refractivity contribution in [3.63, 3.8) is 0 Å². The van der Waals surface area contributed by atoms with Crippen molar-refractivity contribution in [2.24, 2.45) is 0 Å². The third-order valence-corrected chi connectivity index (χ3v) is 5.03. The molecule has 1 unspecified atom stereocenters. The number of cyclic esters (lactones) is 1. The number of carbonyl (C=O) groups is 1. The molecule has 7 nitrogen and oxygen atoms in total. The van der Waals surface area contributed by atoms with Gasteiger partial charge in [0, 0.05) is 18.5 Å². The number of amides is 1. The summed E-state index contributed by atoms with van der Waals surface area (Å²) in [5.41, 5.74) is 1.39. The van der Waals surface area contributed by atoms with E-state index in [1.54, 1.807) is 11.0 Å². The minimum Gasteiger partial charge on any atom is -0.448 e. The molecular formula is C17H16FN5O2. The number of ether oxygens (including phenoxy) is 1. The van der Waals surface area contributed by atoms with Crippen molar-refractivity contribution in [1.29, 1.82) is 0 Å². The van der Waals surface area contributed by atoms with Gasteiger partial charge in [-0.1, -0.05) is 0 Å². The number of nitrogens with one attached hydrogen (secondary N) is 1. The highest BCUT2D eigenvalue weighted by molar-refractivity contribution is 6.11. The quantitative estimate of drug-likeness (QED) is 0.774. The second-order valence-corrected chi connectivity index (χ2v) is 6.43. The van der Waals surface area contributed by atoms with Gasteiger partial charge in [-0.15, -0.1) is 0 Å². The van der Waals surface area contributed by atoms with Gasteiger partial charge in [0.05, 0.1) is 23.5 Å². The van der Waals surface area contributed by atoms with E-state index in [0.29, 0.717) is 30.9 Å². The molecule has 0 saturated carbocycles. The summed E-state index contributed by atoms with van der Waals surface area (Å²) < 4.78 is 18.6. The fourth-order valence-corrected chi connectivity index (χ4v) is 3.85. The summed E-state index contributed by atoms with van der Waals surface area (Å²) in [7, 11) is 0. The average Bonchev–Trinajstić information content (AvgIpc) is 3.31. The van der Waals surface area contributed by atoms with Crippen molar-refractivity contribution in [2.45, 2.75) is 12.5 Å². The van der Waals surface area contributed by atoms with Crippen molar-refractivity contribution in [1.82, 2.24) is 19.9 Å². The molecule has 2 fully saturated rings. The number of rotatable bonds is 2. The normalized spacial score (nSPS) is 20.8. The molecule has 1 amide bonds. The summed E-state index contributed by atoms with van der Waals surface area (Å²) in [6.07, 6.45) is 2.15. The first kappa shape index (κ1) is 14.4. The average molecular weight is 341 g/mol. The minimum absolute atomic E-state index is 0.127. The van der Waals surface area contributed by atoms with E-state index in [4.69, 9.17) is 4.74 Å². The molecule has 0 aliphatic carbocycles. The minimum atomic E-state index is -0.289. The topological polar surface area (TPSA) is 74.3 Å². The smallest absolute Gasteiger partial charge is 0.410 e. The van der Waals surface area contributed by atoms with Crippen LogP contribution in [0.25, 0.3) is 21.9 Å². The zero-order valence-electron chi connectivity index (χ0n) is 13.4. The van der Waals surface area contributed by atoms with Crippen LogP contribution in [0.2, 0.25) is 0 Å². The van der Waals surface area contributed by atoms with Gasteiger partial charge >= 0.3 is 6.09 Å². The molecule has 0 spiro atoms. The highest BCUT2D eigenvalue weighted by atomic mass is 19.1. The van der Waals surface area contributed by atoms with Crippen LogP contribution in [0.15, 0.2) is 24.5 Å². The van der Waals surface area contributed by atoms with E-state index >= 15 is 0 Å². The lowest BCUT2D eigenvalue weighted by Gasteiger charge is -2.22. The van der Waals surface area contributed by atoms with Gasteiger partial charge in [0.2, 0.25) is 0 Å². The Hall–Kier alpha value is -2.90. The zero-order valence-corrected chi connectivity index (χ0v) is 13.4. The molecule has 2 saturated heterocycles. The molecular weight excluding hydrogens is 325 g/mol. The monoisotopic (exact) mass is 341 g/mol. The van der Waals surface area contributed by atoms with Crippen LogP contribution in [0.5, 0.6) is 0 Å². The van der Waals surface area contributed by atoms with Gasteiger partial charge in [0.15, 0.2) is 0 Å². The number of hydrogen-bond acceptors (Lipinski definition) is 5. The first-order valence-electron chi connectivity index (χ1n) is 8.31. The van der Waals surface area contributed by atoms with Gasteiger partial charge in [-0.3, -0.25) is 4.90 Å². The number of halogens is 1. The summed E-state index contributed by atoms with van der Waals surface area (Å²) in [5.74, 6) is 0.528. The molecule has 1 atom stereocenters. The second kappa shape index (κ2) is 5.30. The lowest BCUT2D eigenvalue weighted by atomic mass is 10.2. The van der Waals surface area contributed by atoms with Gasteiger partial charge in [0.1, 0.15) is 30.2 Å². The van der Waals surface area contributed by atoms with Gasteiger partial charge in [-0.2, -0.15) is 0 Å². The summed E-state index contributed by atoms with van der Waals surface area (Å²) >= 11 is 0. The van der Waals surface area contributed by atoms with E-state index < -0.39 is 0 Å². The molecule has 0 bridgehead atoms. The Balaban J connectivity index is 1.55. The second-order valence-electron chi connectivity index (χ2n) is 6.43. The van der Waals surface area contributed by atoms with Crippen LogP contribution in [-0.2, 0) is 4.74 Å². The Morgan fingerprint density at radius 2 is 2.20 bits per heavy atom. The van der Waals surface area contributed by atoms with Gasteiger partial charge < -0.3 is 14.6 Å². The van der Waals surface area contributed by atoms with Crippen LogP contribution in [0.4, 0.5) is 15.0 Å². The van der Waals surface area contributed by atoms with E-state index in [2.05, 4.69) is 19.9 Å². The highest BCUT2D eigenvalue weighted by Gasteiger charge is 2.35. The molecule has 1 aromatic carbocycles. The Morgan fingerprint density at radius 3 is 3.04 bits per heavy atom. The predicted molar refractivity (Wildman–Crippen MR) is 90.0 cm³/mol. The van der Waals surface area contributed by atoms with E-state index in [0.717, 1.165) is 29.6 Å². The van der Waals surface area contributed by atoms with Crippen molar-refractivity contribution >= 4 is 33.8 Å². The molecule has 2 aliphatic rings. The van der Waals surface area contributed by atoms with E-state index in [1.165, 1.54) is 18.5 Å². The predicted octanol–water partition coefficient (Wildman–Crippen LogP) is 2.28. The highest BCUT2D eigenvalue weighted by Crippen LogP contribution is 2.33. The third kappa shape index (κ3) is 2.20. The summed E-state index contributed by atoms with van der Waals surface area (Å²) in [6, 6.07) is 4.79. The maximum atomic E-state index is 13.5. The lowest BCUT2D eigenvalue weighted by molar-refractivity contribution is 0.150. The fourth-order valence-electron chi connectivity index (χ4n) is 3.85. The van der Waals surface area contributed by atoms with Crippen molar-refractivity contribution in [3.05, 3.63) is 30.3 Å². The van der Waals surface area contributed by atoms with Crippen LogP contribution in [0.1, 0.15) is 6.42 Å². The molecule has 3 aromatic rings. The molecule has 2 aliphatic heterocycles. The molecule has 1 N–H and O–H groups in total. The van der Waals surface area contributed by atoms with Crippen molar-refractivity contribution < 1.29 is 13.9 Å². The van der Waals surface area contributed by atoms with Gasteiger partial charge in [-0.05, 0) is 24.6 Å². The van der Waals surface area contributed by atoms with Crippen LogP contribution in [0, 0.1) is 5.82 Å². The number of carbonyl (C=O) groups excluding carboxylic acids is 1. The molecule has 2 aromatic heterocycles. The zero-order chi connectivity index (χ0) is 17.0. The Labute approximate surface area is 142 Å². The fraction of sp³-hybridized carbons (Fsp3) is 0.353. The molecule has 128 valence electrons. The molecule has 25 heavy (non-hydrogen) atoms. The summed E-state index contributed by atoms with van der Waals surface area (Å²) in [6.45, 7) is 2.60. The SMILES string of the molecule is O=C1OCCN1C1CCN(c2ncnc3[nH]c4cc(F)ccc4c23)C1. The van der Waals surface area contributed by atoms with Gasteiger partial charge in [-0.25, -0.2) is 19.2 Å². The van der Waals surface area contributed by atoms with Crippen molar-refractivity contribution in [3.8, 4) is 0 Å². The number of H-pyrrole nitrogens is 1. The first-order chi connectivity index (χ1) is 12.2. The summed E-state index contributed by atoms with van der Waals surface area (Å²) in [4.78, 5) is 27.7. The van der Waals surface area contributed by atoms with E-state index in [-0.39, 0.29) is 18.0 Å². The van der Waals surface area contributed by atoms with Crippen LogP contribution in [0.3, 0.4) is 0 Å². The first-order valence-corrected chi connectivity index (χ1v) is 8.31. The summed E-state index contributed by atoms with van der Waals surface area (Å²) in [5, 5.41) is 1.79. The number of hydrogen-bond donors (Lipinski definition) is 1. The number of anilines is 1. The van der Waals surface area contributed by atoms with E-state index in [9.17, 15) is 9.18 Å². The molecule has 5 rings (SSSR count). The number of aromatic nitrogens is 3. The van der Waals surface area contributed by atoms with E-state index in [1.807, 2.05) is 0 Å². The number of benzene rings is 1. The Bertz CT molecular complexity index is 988. The number of nitrogens with zero attached hydrogens (tertiary/aromatic N) is 4. The Morgan fingerprint density at radius 1 is 1.28 bits per heavy atom. The standard InChI is InChI=1S/C17H16FN5O2/c18-10-1-2-12-13(7-10)21-15-14(12)16(20-9-19-15)22-4-3-11(8-22)23-5-6-25-17(23)24/h1-2,7,9,11H,3-6,8H2,(H,19,20,21). The molecule has 0 radical (unpaired) electrons. The van der Waals surface area contributed by atoms with Crippen LogP contribution < -0.4 is 4.90 Å². The maximum absolute atomic E-state index is 13.5. The third-order valence-electron chi connectivity index (χ3n) is 5.03.